The molecule has 17 heavy (non-hydrogen) atoms. The van der Waals surface area contributed by atoms with Gasteiger partial charge < -0.3 is 9.72 Å². The number of H-pyrrole nitrogens is 1. The van der Waals surface area contributed by atoms with Gasteiger partial charge in [0.1, 0.15) is 0 Å². The predicted octanol–water partition coefficient (Wildman–Crippen LogP) is 2.16. The highest BCUT2D eigenvalue weighted by atomic mass is 35.5. The van der Waals surface area contributed by atoms with Gasteiger partial charge in [-0.1, -0.05) is 11.6 Å². The number of aromatic nitrogens is 2. The van der Waals surface area contributed by atoms with E-state index in [4.69, 9.17) is 16.3 Å². The fourth-order valence-corrected chi connectivity index (χ4v) is 2.47. The van der Waals surface area contributed by atoms with Crippen LogP contribution in [-0.4, -0.2) is 22.3 Å². The Balaban J connectivity index is 2.04. The molecule has 1 aromatic heterocycles. The molecule has 0 spiro atoms. The summed E-state index contributed by atoms with van der Waals surface area (Å²) in [7, 11) is 0. The molecule has 5 heteroatoms. The van der Waals surface area contributed by atoms with E-state index in [1.54, 1.807) is 10.6 Å². The monoisotopic (exact) mass is 252 g/mol. The molecule has 1 aromatic carbocycles. The second-order valence-electron chi connectivity index (χ2n) is 4.34. The largest absolute Gasteiger partial charge is 0.376 e. The van der Waals surface area contributed by atoms with Gasteiger partial charge in [-0.25, -0.2) is 4.79 Å². The lowest BCUT2D eigenvalue weighted by Crippen LogP contribution is -2.24. The highest BCUT2D eigenvalue weighted by Gasteiger charge is 2.18. The Bertz CT molecular complexity index is 596. The van der Waals surface area contributed by atoms with Crippen LogP contribution in [0.4, 0.5) is 0 Å². The zero-order chi connectivity index (χ0) is 11.8. The van der Waals surface area contributed by atoms with Gasteiger partial charge in [0.2, 0.25) is 0 Å². The standard InChI is InChI=1S/C12H13ClN2O2/c13-8-3-4-10-11(6-8)15(12(16)14-10)7-9-2-1-5-17-9/h3-4,6,9H,1-2,5,7H2,(H,14,16). The maximum Gasteiger partial charge on any atom is 0.326 e. The van der Waals surface area contributed by atoms with E-state index in [-0.39, 0.29) is 11.8 Å². The van der Waals surface area contributed by atoms with E-state index in [0.29, 0.717) is 11.6 Å². The molecule has 1 aliphatic rings. The number of aromatic amines is 1. The van der Waals surface area contributed by atoms with Crippen molar-refractivity contribution in [2.75, 3.05) is 6.61 Å². The van der Waals surface area contributed by atoms with Gasteiger partial charge in [0.05, 0.1) is 23.7 Å². The van der Waals surface area contributed by atoms with Crippen LogP contribution in [-0.2, 0) is 11.3 Å². The zero-order valence-electron chi connectivity index (χ0n) is 9.28. The van der Waals surface area contributed by atoms with Gasteiger partial charge in [-0.05, 0) is 31.0 Å². The highest BCUT2D eigenvalue weighted by molar-refractivity contribution is 6.31. The van der Waals surface area contributed by atoms with Crippen LogP contribution in [0.3, 0.4) is 0 Å². The van der Waals surface area contributed by atoms with Crippen LogP contribution in [0.25, 0.3) is 11.0 Å². The van der Waals surface area contributed by atoms with Gasteiger partial charge in [0, 0.05) is 11.6 Å². The minimum Gasteiger partial charge on any atom is -0.376 e. The van der Waals surface area contributed by atoms with E-state index in [0.717, 1.165) is 30.5 Å². The summed E-state index contributed by atoms with van der Waals surface area (Å²) in [6.07, 6.45) is 2.23. The fourth-order valence-electron chi connectivity index (χ4n) is 2.30. The number of nitrogens with one attached hydrogen (secondary N) is 1. The lowest BCUT2D eigenvalue weighted by Gasteiger charge is -2.10. The average molecular weight is 253 g/mol. The molecule has 1 N–H and O–H groups in total. The van der Waals surface area contributed by atoms with Crippen molar-refractivity contribution in [3.05, 3.63) is 33.7 Å². The second-order valence-corrected chi connectivity index (χ2v) is 4.77. The average Bonchev–Trinajstić information content (AvgIpc) is 2.90. The Labute approximate surface area is 103 Å². The van der Waals surface area contributed by atoms with Crippen molar-refractivity contribution in [1.82, 2.24) is 9.55 Å². The second kappa shape index (κ2) is 4.20. The third-order valence-corrected chi connectivity index (χ3v) is 3.38. The summed E-state index contributed by atoms with van der Waals surface area (Å²) in [6.45, 7) is 1.39. The molecule has 1 aliphatic heterocycles. The van der Waals surface area contributed by atoms with Crippen LogP contribution in [0.5, 0.6) is 0 Å². The van der Waals surface area contributed by atoms with Gasteiger partial charge in [0.25, 0.3) is 0 Å². The predicted molar refractivity (Wildman–Crippen MR) is 66.5 cm³/mol. The molecule has 0 radical (unpaired) electrons. The van der Waals surface area contributed by atoms with E-state index in [1.165, 1.54) is 0 Å². The van der Waals surface area contributed by atoms with E-state index < -0.39 is 0 Å². The Kier molecular flexibility index (Phi) is 2.68. The Morgan fingerprint density at radius 1 is 1.53 bits per heavy atom. The number of nitrogens with zero attached hydrogens (tertiary/aromatic N) is 1. The quantitative estimate of drug-likeness (QED) is 0.890. The number of halogens is 1. The first-order valence-corrected chi connectivity index (χ1v) is 6.11. The lowest BCUT2D eigenvalue weighted by molar-refractivity contribution is 0.0972. The van der Waals surface area contributed by atoms with E-state index >= 15 is 0 Å². The topological polar surface area (TPSA) is 47.0 Å². The Hall–Kier alpha value is -1.26. The zero-order valence-corrected chi connectivity index (χ0v) is 10.0. The third kappa shape index (κ3) is 1.98. The summed E-state index contributed by atoms with van der Waals surface area (Å²) >= 11 is 5.96. The van der Waals surface area contributed by atoms with E-state index in [1.807, 2.05) is 12.1 Å². The Morgan fingerprint density at radius 2 is 2.41 bits per heavy atom. The van der Waals surface area contributed by atoms with Crippen molar-refractivity contribution in [3.63, 3.8) is 0 Å². The normalized spacial score (nSPS) is 20.2. The van der Waals surface area contributed by atoms with Gasteiger partial charge >= 0.3 is 5.69 Å². The molecule has 0 saturated carbocycles. The van der Waals surface area contributed by atoms with Crippen molar-refractivity contribution in [2.24, 2.45) is 0 Å². The molecule has 0 amide bonds. The number of hydrogen-bond acceptors (Lipinski definition) is 2. The summed E-state index contributed by atoms with van der Waals surface area (Å²) in [5.74, 6) is 0. The molecule has 1 fully saturated rings. The van der Waals surface area contributed by atoms with Crippen LogP contribution >= 0.6 is 11.6 Å². The first-order chi connectivity index (χ1) is 8.24. The van der Waals surface area contributed by atoms with Crippen molar-refractivity contribution in [2.45, 2.75) is 25.5 Å². The molecule has 2 heterocycles. The van der Waals surface area contributed by atoms with Crippen LogP contribution < -0.4 is 5.69 Å². The molecule has 1 unspecified atom stereocenters. The maximum absolute atomic E-state index is 11.8. The smallest absolute Gasteiger partial charge is 0.326 e. The molecule has 0 bridgehead atoms. The molecule has 0 aliphatic carbocycles. The number of fused-ring (bicyclic) bond motifs is 1. The van der Waals surface area contributed by atoms with Crippen molar-refractivity contribution in [3.8, 4) is 0 Å². The fraction of sp³-hybridized carbons (Fsp3) is 0.417. The summed E-state index contributed by atoms with van der Waals surface area (Å²) < 4.78 is 7.26. The van der Waals surface area contributed by atoms with Crippen molar-refractivity contribution in [1.29, 1.82) is 0 Å². The van der Waals surface area contributed by atoms with Crippen molar-refractivity contribution >= 4 is 22.6 Å². The third-order valence-electron chi connectivity index (χ3n) is 3.15. The number of ether oxygens (including phenoxy) is 1. The van der Waals surface area contributed by atoms with Crippen LogP contribution in [0.2, 0.25) is 5.02 Å². The highest BCUT2D eigenvalue weighted by Crippen LogP contribution is 2.19. The summed E-state index contributed by atoms with van der Waals surface area (Å²) in [4.78, 5) is 14.7. The first kappa shape index (κ1) is 10.9. The number of imidazole rings is 1. The van der Waals surface area contributed by atoms with E-state index in [9.17, 15) is 4.79 Å². The minimum absolute atomic E-state index is 0.0993. The SMILES string of the molecule is O=c1[nH]c2ccc(Cl)cc2n1CC1CCCO1. The molecular formula is C12H13ClN2O2. The number of rotatable bonds is 2. The van der Waals surface area contributed by atoms with Gasteiger partial charge in [0.15, 0.2) is 0 Å². The molecule has 1 atom stereocenters. The van der Waals surface area contributed by atoms with Crippen LogP contribution in [0, 0.1) is 0 Å². The molecule has 90 valence electrons. The lowest BCUT2D eigenvalue weighted by atomic mass is 10.2. The molecular weight excluding hydrogens is 240 g/mol. The number of hydrogen-bond donors (Lipinski definition) is 1. The van der Waals surface area contributed by atoms with Gasteiger partial charge in [-0.2, -0.15) is 0 Å². The molecule has 1 saturated heterocycles. The molecule has 4 nitrogen and oxygen atoms in total. The summed E-state index contributed by atoms with van der Waals surface area (Å²) in [5, 5.41) is 0.637. The first-order valence-electron chi connectivity index (χ1n) is 5.74. The Morgan fingerprint density at radius 3 is 3.18 bits per heavy atom. The molecule has 3 rings (SSSR count). The van der Waals surface area contributed by atoms with Crippen LogP contribution in [0.1, 0.15) is 12.8 Å². The summed E-state index contributed by atoms with van der Waals surface area (Å²) in [5.41, 5.74) is 1.56. The van der Waals surface area contributed by atoms with Gasteiger partial charge in [-0.3, -0.25) is 4.57 Å². The van der Waals surface area contributed by atoms with Crippen LogP contribution in [0.15, 0.2) is 23.0 Å². The van der Waals surface area contributed by atoms with Crippen molar-refractivity contribution < 1.29 is 4.74 Å². The molecule has 2 aromatic rings. The maximum atomic E-state index is 11.8. The summed E-state index contributed by atoms with van der Waals surface area (Å²) in [6, 6.07) is 5.41. The van der Waals surface area contributed by atoms with E-state index in [2.05, 4.69) is 4.98 Å². The van der Waals surface area contributed by atoms with Gasteiger partial charge in [-0.15, -0.1) is 0 Å². The number of benzene rings is 1. The minimum atomic E-state index is -0.0993.